The smallest absolute Gasteiger partial charge is 0.143 e. The van der Waals surface area contributed by atoms with E-state index in [1.165, 1.54) is 6.33 Å². The predicted molar refractivity (Wildman–Crippen MR) is 66.8 cm³/mol. The summed E-state index contributed by atoms with van der Waals surface area (Å²) in [7, 11) is -0.784. The molecule has 1 aromatic rings. The SMILES string of the molecule is CC(CS(C)=O)Nc1ncncc1I. The van der Waals surface area contributed by atoms with Crippen molar-refractivity contribution in [2.75, 3.05) is 17.3 Å². The fraction of sp³-hybridized carbons (Fsp3) is 0.500. The van der Waals surface area contributed by atoms with Gasteiger partial charge in [-0.25, -0.2) is 9.97 Å². The number of nitrogens with one attached hydrogen (secondary N) is 1. The Labute approximate surface area is 99.5 Å². The molecule has 0 amide bonds. The highest BCUT2D eigenvalue weighted by molar-refractivity contribution is 14.1. The summed E-state index contributed by atoms with van der Waals surface area (Å²) in [6.45, 7) is 1.99. The van der Waals surface area contributed by atoms with Crippen LogP contribution in [0.5, 0.6) is 0 Å². The zero-order chi connectivity index (χ0) is 10.6. The predicted octanol–water partition coefficient (Wildman–Crippen LogP) is 1.26. The van der Waals surface area contributed by atoms with E-state index in [1.807, 2.05) is 6.92 Å². The van der Waals surface area contributed by atoms with Crippen molar-refractivity contribution in [1.82, 2.24) is 9.97 Å². The van der Waals surface area contributed by atoms with E-state index < -0.39 is 10.8 Å². The van der Waals surface area contributed by atoms with E-state index in [2.05, 4.69) is 37.9 Å². The van der Waals surface area contributed by atoms with Gasteiger partial charge in [-0.2, -0.15) is 0 Å². The molecular weight excluding hydrogens is 313 g/mol. The maximum absolute atomic E-state index is 11.0. The minimum absolute atomic E-state index is 0.157. The molecule has 2 atom stereocenters. The standard InChI is InChI=1S/C8H12IN3OS/c1-6(4-14(2)13)12-8-7(9)3-10-5-11-8/h3,5-6H,4H2,1-2H3,(H,10,11,12). The van der Waals surface area contributed by atoms with Gasteiger partial charge in [-0.1, -0.05) is 0 Å². The minimum atomic E-state index is -0.784. The van der Waals surface area contributed by atoms with Gasteiger partial charge >= 0.3 is 0 Å². The first-order valence-electron chi connectivity index (χ1n) is 4.11. The molecular formula is C8H12IN3OS. The van der Waals surface area contributed by atoms with Gasteiger partial charge in [-0.05, 0) is 29.5 Å². The normalized spacial score (nSPS) is 14.8. The molecule has 0 radical (unpaired) electrons. The van der Waals surface area contributed by atoms with Crippen molar-refractivity contribution >= 4 is 39.2 Å². The summed E-state index contributed by atoms with van der Waals surface area (Å²) in [4.78, 5) is 7.99. The molecule has 2 unspecified atom stereocenters. The molecule has 4 nitrogen and oxygen atoms in total. The van der Waals surface area contributed by atoms with Crippen LogP contribution in [-0.2, 0) is 10.8 Å². The Morgan fingerprint density at radius 3 is 3.00 bits per heavy atom. The molecule has 14 heavy (non-hydrogen) atoms. The zero-order valence-electron chi connectivity index (χ0n) is 8.03. The van der Waals surface area contributed by atoms with Crippen LogP contribution >= 0.6 is 22.6 Å². The largest absolute Gasteiger partial charge is 0.366 e. The van der Waals surface area contributed by atoms with Gasteiger partial charge in [0, 0.05) is 35.0 Å². The van der Waals surface area contributed by atoms with Gasteiger partial charge in [0.15, 0.2) is 0 Å². The van der Waals surface area contributed by atoms with E-state index >= 15 is 0 Å². The van der Waals surface area contributed by atoms with Gasteiger partial charge in [0.25, 0.3) is 0 Å². The summed E-state index contributed by atoms with van der Waals surface area (Å²) >= 11 is 2.16. The quantitative estimate of drug-likeness (QED) is 0.847. The molecule has 78 valence electrons. The maximum atomic E-state index is 11.0. The van der Waals surface area contributed by atoms with Crippen molar-refractivity contribution in [2.24, 2.45) is 0 Å². The lowest BCUT2D eigenvalue weighted by Crippen LogP contribution is -2.23. The highest BCUT2D eigenvalue weighted by Gasteiger charge is 2.07. The molecule has 0 saturated heterocycles. The third-order valence-electron chi connectivity index (χ3n) is 1.54. The van der Waals surface area contributed by atoms with E-state index in [-0.39, 0.29) is 6.04 Å². The summed E-state index contributed by atoms with van der Waals surface area (Å²) in [6.07, 6.45) is 4.94. The average molecular weight is 325 g/mol. The zero-order valence-corrected chi connectivity index (χ0v) is 11.0. The lowest BCUT2D eigenvalue weighted by Gasteiger charge is -2.13. The molecule has 0 aliphatic rings. The van der Waals surface area contributed by atoms with Crippen LogP contribution in [0.2, 0.25) is 0 Å². The topological polar surface area (TPSA) is 54.9 Å². The maximum Gasteiger partial charge on any atom is 0.143 e. The number of hydrogen-bond donors (Lipinski definition) is 1. The van der Waals surface area contributed by atoms with Gasteiger partial charge in [-0.3, -0.25) is 4.21 Å². The van der Waals surface area contributed by atoms with Crippen LogP contribution in [0.1, 0.15) is 6.92 Å². The number of halogens is 1. The van der Waals surface area contributed by atoms with E-state index in [4.69, 9.17) is 0 Å². The summed E-state index contributed by atoms with van der Waals surface area (Å²) in [6, 6.07) is 0.157. The first kappa shape index (κ1) is 11.8. The Morgan fingerprint density at radius 2 is 2.43 bits per heavy atom. The van der Waals surface area contributed by atoms with Crippen molar-refractivity contribution in [1.29, 1.82) is 0 Å². The summed E-state index contributed by atoms with van der Waals surface area (Å²) in [5.41, 5.74) is 0. The molecule has 0 aliphatic heterocycles. The number of anilines is 1. The van der Waals surface area contributed by atoms with Gasteiger partial charge in [-0.15, -0.1) is 0 Å². The van der Waals surface area contributed by atoms with Crippen molar-refractivity contribution < 1.29 is 4.21 Å². The Morgan fingerprint density at radius 1 is 1.71 bits per heavy atom. The van der Waals surface area contributed by atoms with Crippen molar-refractivity contribution in [3.8, 4) is 0 Å². The van der Waals surface area contributed by atoms with E-state index in [0.29, 0.717) is 5.75 Å². The van der Waals surface area contributed by atoms with Gasteiger partial charge in [0.05, 0.1) is 3.57 Å². The van der Waals surface area contributed by atoms with Gasteiger partial charge < -0.3 is 5.32 Å². The van der Waals surface area contributed by atoms with Crippen LogP contribution < -0.4 is 5.32 Å². The molecule has 0 spiro atoms. The third-order valence-corrected chi connectivity index (χ3v) is 3.29. The molecule has 0 aliphatic carbocycles. The van der Waals surface area contributed by atoms with Gasteiger partial charge in [0.2, 0.25) is 0 Å². The van der Waals surface area contributed by atoms with Crippen LogP contribution in [-0.4, -0.2) is 32.2 Å². The molecule has 0 bridgehead atoms. The number of aromatic nitrogens is 2. The van der Waals surface area contributed by atoms with E-state index in [0.717, 1.165) is 9.39 Å². The molecule has 6 heteroatoms. The lowest BCUT2D eigenvalue weighted by molar-refractivity contribution is 0.683. The molecule has 1 rings (SSSR count). The summed E-state index contributed by atoms with van der Waals surface area (Å²) < 4.78 is 11.9. The van der Waals surface area contributed by atoms with Crippen LogP contribution in [0.15, 0.2) is 12.5 Å². The first-order valence-corrected chi connectivity index (χ1v) is 6.92. The Hall–Kier alpha value is -0.240. The fourth-order valence-electron chi connectivity index (χ4n) is 1.05. The molecule has 0 aromatic carbocycles. The molecule has 1 heterocycles. The van der Waals surface area contributed by atoms with Crippen molar-refractivity contribution in [3.05, 3.63) is 16.1 Å². The lowest BCUT2D eigenvalue weighted by atomic mass is 10.4. The molecule has 0 saturated carbocycles. The molecule has 1 N–H and O–H groups in total. The Bertz CT molecular complexity index is 334. The average Bonchev–Trinajstić information content (AvgIpc) is 2.07. The second-order valence-electron chi connectivity index (χ2n) is 3.00. The monoisotopic (exact) mass is 325 g/mol. The van der Waals surface area contributed by atoms with E-state index in [1.54, 1.807) is 12.5 Å². The first-order chi connectivity index (χ1) is 6.59. The van der Waals surface area contributed by atoms with Crippen LogP contribution in [0.25, 0.3) is 0 Å². The highest BCUT2D eigenvalue weighted by Crippen LogP contribution is 2.13. The van der Waals surface area contributed by atoms with Crippen molar-refractivity contribution in [3.63, 3.8) is 0 Å². The number of nitrogens with zero attached hydrogens (tertiary/aromatic N) is 2. The molecule has 0 fully saturated rings. The Balaban J connectivity index is 2.60. The number of hydrogen-bond acceptors (Lipinski definition) is 4. The third kappa shape index (κ3) is 3.87. The van der Waals surface area contributed by atoms with Crippen molar-refractivity contribution in [2.45, 2.75) is 13.0 Å². The molecule has 1 aromatic heterocycles. The van der Waals surface area contributed by atoms with Crippen LogP contribution in [0.4, 0.5) is 5.82 Å². The van der Waals surface area contributed by atoms with Crippen LogP contribution in [0.3, 0.4) is 0 Å². The number of rotatable bonds is 4. The highest BCUT2D eigenvalue weighted by atomic mass is 127. The Kier molecular flexibility index (Phi) is 4.73. The second kappa shape index (κ2) is 5.59. The van der Waals surface area contributed by atoms with Gasteiger partial charge in [0.1, 0.15) is 12.1 Å². The van der Waals surface area contributed by atoms with Crippen LogP contribution in [0, 0.1) is 3.57 Å². The van der Waals surface area contributed by atoms with E-state index in [9.17, 15) is 4.21 Å². The summed E-state index contributed by atoms with van der Waals surface area (Å²) in [5.74, 6) is 1.43. The minimum Gasteiger partial charge on any atom is -0.366 e. The summed E-state index contributed by atoms with van der Waals surface area (Å²) in [5, 5.41) is 3.19. The second-order valence-corrected chi connectivity index (χ2v) is 5.65. The fourth-order valence-corrected chi connectivity index (χ4v) is 2.29.